The fourth-order valence-electron chi connectivity index (χ4n) is 3.93. The number of fused-ring (bicyclic) bond motifs is 1. The first-order chi connectivity index (χ1) is 13.2. The van der Waals surface area contributed by atoms with Gasteiger partial charge >= 0.3 is 0 Å². The first kappa shape index (κ1) is 19.9. The van der Waals surface area contributed by atoms with Crippen molar-refractivity contribution in [3.63, 3.8) is 0 Å². The van der Waals surface area contributed by atoms with Crippen molar-refractivity contribution in [1.82, 2.24) is 0 Å². The van der Waals surface area contributed by atoms with Crippen LogP contribution in [0.15, 0.2) is 30.3 Å². The van der Waals surface area contributed by atoms with Gasteiger partial charge < -0.3 is 19.5 Å². The SMILES string of the molecule is COc1ccc(CN2C(=O)C(O)(CC(C)=O)c3c(C)ccc(C)c32)cc1OC. The van der Waals surface area contributed by atoms with E-state index in [1.54, 1.807) is 31.3 Å². The lowest BCUT2D eigenvalue weighted by Crippen LogP contribution is -2.41. The standard InChI is InChI=1S/C22H25NO5/c1-13-6-7-14(2)20-19(13)22(26,11-15(3)24)21(25)23(20)12-16-8-9-17(27-4)18(10-16)28-5/h6-10,26H,11-12H2,1-5H3. The van der Waals surface area contributed by atoms with Gasteiger partial charge in [-0.15, -0.1) is 0 Å². The second-order valence-corrected chi connectivity index (χ2v) is 7.24. The van der Waals surface area contributed by atoms with Crippen molar-refractivity contribution in [2.75, 3.05) is 19.1 Å². The number of nitrogens with zero attached hydrogens (tertiary/aromatic N) is 1. The summed E-state index contributed by atoms with van der Waals surface area (Å²) in [6.07, 6.45) is -0.244. The Morgan fingerprint density at radius 1 is 1.07 bits per heavy atom. The fraction of sp³-hybridized carbons (Fsp3) is 0.364. The van der Waals surface area contributed by atoms with Crippen LogP contribution in [0.1, 0.15) is 35.6 Å². The van der Waals surface area contributed by atoms with Gasteiger partial charge in [0, 0.05) is 12.0 Å². The molecule has 2 aromatic carbocycles. The second-order valence-electron chi connectivity index (χ2n) is 7.24. The Labute approximate surface area is 164 Å². The number of Topliss-reactive ketones (excluding diaryl/α,β-unsaturated/α-hetero) is 1. The zero-order valence-electron chi connectivity index (χ0n) is 16.8. The summed E-state index contributed by atoms with van der Waals surface area (Å²) >= 11 is 0. The van der Waals surface area contributed by atoms with Crippen molar-refractivity contribution in [2.24, 2.45) is 0 Å². The fourth-order valence-corrected chi connectivity index (χ4v) is 3.93. The van der Waals surface area contributed by atoms with Crippen molar-refractivity contribution in [3.05, 3.63) is 52.6 Å². The third-order valence-electron chi connectivity index (χ3n) is 5.16. The summed E-state index contributed by atoms with van der Waals surface area (Å²) in [5, 5.41) is 11.3. The van der Waals surface area contributed by atoms with Crippen molar-refractivity contribution < 1.29 is 24.2 Å². The molecule has 1 unspecified atom stereocenters. The lowest BCUT2D eigenvalue weighted by Gasteiger charge is -2.23. The van der Waals surface area contributed by atoms with Crippen LogP contribution in [0.5, 0.6) is 11.5 Å². The predicted octanol–water partition coefficient (Wildman–Crippen LogP) is 3.03. The molecule has 148 valence electrons. The van der Waals surface area contributed by atoms with Crippen LogP contribution in [0.3, 0.4) is 0 Å². The van der Waals surface area contributed by atoms with Gasteiger partial charge in [-0.2, -0.15) is 0 Å². The number of carbonyl (C=O) groups is 2. The number of hydrogen-bond acceptors (Lipinski definition) is 5. The van der Waals surface area contributed by atoms with Crippen LogP contribution in [0.4, 0.5) is 5.69 Å². The monoisotopic (exact) mass is 383 g/mol. The van der Waals surface area contributed by atoms with Crippen LogP contribution in [0.25, 0.3) is 0 Å². The number of aryl methyl sites for hydroxylation is 2. The number of rotatable bonds is 6. The van der Waals surface area contributed by atoms with Crippen molar-refractivity contribution in [1.29, 1.82) is 0 Å². The number of amides is 1. The minimum atomic E-state index is -1.84. The highest BCUT2D eigenvalue weighted by molar-refractivity contribution is 6.09. The summed E-state index contributed by atoms with van der Waals surface area (Å²) in [5.41, 5.74) is 1.83. The molecule has 1 aliphatic heterocycles. The van der Waals surface area contributed by atoms with Gasteiger partial charge in [0.1, 0.15) is 5.78 Å². The molecular formula is C22H25NO5. The van der Waals surface area contributed by atoms with E-state index in [2.05, 4.69) is 0 Å². The molecule has 1 amide bonds. The van der Waals surface area contributed by atoms with Gasteiger partial charge in [0.25, 0.3) is 5.91 Å². The smallest absolute Gasteiger partial charge is 0.264 e. The average Bonchev–Trinajstić information content (AvgIpc) is 2.86. The maximum atomic E-state index is 13.3. The van der Waals surface area contributed by atoms with Crippen molar-refractivity contribution in [3.8, 4) is 11.5 Å². The number of methoxy groups -OCH3 is 2. The zero-order chi connectivity index (χ0) is 20.6. The molecule has 0 bridgehead atoms. The largest absolute Gasteiger partial charge is 0.493 e. The lowest BCUT2D eigenvalue weighted by molar-refractivity contribution is -0.141. The maximum Gasteiger partial charge on any atom is 0.264 e. The molecule has 6 heteroatoms. The number of aliphatic hydroxyl groups is 1. The van der Waals surface area contributed by atoms with Gasteiger partial charge in [0.15, 0.2) is 17.1 Å². The number of benzene rings is 2. The number of ether oxygens (including phenoxy) is 2. The van der Waals surface area contributed by atoms with Gasteiger partial charge in [-0.05, 0) is 49.6 Å². The zero-order valence-corrected chi connectivity index (χ0v) is 16.8. The van der Waals surface area contributed by atoms with Gasteiger partial charge in [-0.3, -0.25) is 9.59 Å². The molecule has 0 radical (unpaired) electrons. The number of hydrogen-bond donors (Lipinski definition) is 1. The molecule has 1 aliphatic rings. The van der Waals surface area contributed by atoms with Crippen LogP contribution in [-0.2, 0) is 21.7 Å². The van der Waals surface area contributed by atoms with E-state index in [4.69, 9.17) is 9.47 Å². The summed E-state index contributed by atoms with van der Waals surface area (Å²) in [7, 11) is 3.11. The Morgan fingerprint density at radius 2 is 1.71 bits per heavy atom. The number of ketones is 1. The Morgan fingerprint density at radius 3 is 2.32 bits per heavy atom. The molecule has 0 aliphatic carbocycles. The Balaban J connectivity index is 2.10. The quantitative estimate of drug-likeness (QED) is 0.830. The molecule has 1 heterocycles. The van der Waals surface area contributed by atoms with E-state index in [0.29, 0.717) is 22.7 Å². The first-order valence-electron chi connectivity index (χ1n) is 9.08. The highest BCUT2D eigenvalue weighted by Crippen LogP contribution is 2.47. The number of carbonyl (C=O) groups excluding carboxylic acids is 2. The van der Waals surface area contributed by atoms with E-state index in [1.165, 1.54) is 6.92 Å². The van der Waals surface area contributed by atoms with Crippen LogP contribution in [0.2, 0.25) is 0 Å². The normalized spacial score (nSPS) is 18.2. The highest BCUT2D eigenvalue weighted by atomic mass is 16.5. The molecule has 3 rings (SSSR count). The van der Waals surface area contributed by atoms with E-state index in [1.807, 2.05) is 32.0 Å². The van der Waals surface area contributed by atoms with Crippen molar-refractivity contribution in [2.45, 2.75) is 39.3 Å². The van der Waals surface area contributed by atoms with E-state index in [9.17, 15) is 14.7 Å². The summed E-state index contributed by atoms with van der Waals surface area (Å²) in [5.74, 6) is 0.437. The van der Waals surface area contributed by atoms with Gasteiger partial charge in [0.05, 0.1) is 26.5 Å². The van der Waals surface area contributed by atoms with Crippen LogP contribution < -0.4 is 14.4 Å². The molecule has 0 aromatic heterocycles. The summed E-state index contributed by atoms with van der Waals surface area (Å²) in [6.45, 7) is 5.37. The van der Waals surface area contributed by atoms with Gasteiger partial charge in [-0.1, -0.05) is 18.2 Å². The van der Waals surface area contributed by atoms with E-state index >= 15 is 0 Å². The first-order valence-corrected chi connectivity index (χ1v) is 9.08. The molecule has 0 spiro atoms. The number of anilines is 1. The maximum absolute atomic E-state index is 13.3. The Bertz CT molecular complexity index is 952. The van der Waals surface area contributed by atoms with Gasteiger partial charge in [-0.25, -0.2) is 0 Å². The van der Waals surface area contributed by atoms with E-state index in [-0.39, 0.29) is 18.7 Å². The molecule has 1 N–H and O–H groups in total. The van der Waals surface area contributed by atoms with Gasteiger partial charge in [0.2, 0.25) is 0 Å². The molecule has 0 saturated heterocycles. The van der Waals surface area contributed by atoms with Crippen LogP contribution in [0, 0.1) is 13.8 Å². The Kier molecular flexibility index (Phi) is 5.17. The summed E-state index contributed by atoms with van der Waals surface area (Å²) in [4.78, 5) is 26.6. The van der Waals surface area contributed by atoms with Crippen molar-refractivity contribution >= 4 is 17.4 Å². The molecule has 0 saturated carbocycles. The highest BCUT2D eigenvalue weighted by Gasteiger charge is 2.51. The molecule has 2 aromatic rings. The molecule has 0 fully saturated rings. The van der Waals surface area contributed by atoms with E-state index < -0.39 is 11.5 Å². The third-order valence-corrected chi connectivity index (χ3v) is 5.16. The molecule has 6 nitrogen and oxygen atoms in total. The minimum Gasteiger partial charge on any atom is -0.493 e. The van der Waals surface area contributed by atoms with Crippen LogP contribution in [-0.4, -0.2) is 31.0 Å². The Hall–Kier alpha value is -2.86. The average molecular weight is 383 g/mol. The summed E-state index contributed by atoms with van der Waals surface area (Å²) < 4.78 is 10.6. The third kappa shape index (κ3) is 3.14. The summed E-state index contributed by atoms with van der Waals surface area (Å²) in [6, 6.07) is 9.22. The van der Waals surface area contributed by atoms with E-state index in [0.717, 1.165) is 16.7 Å². The minimum absolute atomic E-state index is 0.240. The molecular weight excluding hydrogens is 358 g/mol. The lowest BCUT2D eigenvalue weighted by atomic mass is 9.86. The topological polar surface area (TPSA) is 76.1 Å². The molecule has 28 heavy (non-hydrogen) atoms. The second kappa shape index (κ2) is 7.28. The van der Waals surface area contributed by atoms with Crippen LogP contribution >= 0.6 is 0 Å². The molecule has 1 atom stereocenters. The predicted molar refractivity (Wildman–Crippen MR) is 106 cm³/mol.